The molecule has 2 fully saturated rings. The van der Waals surface area contributed by atoms with Crippen molar-refractivity contribution in [3.63, 3.8) is 0 Å². The maximum atomic E-state index is 3.65. The Labute approximate surface area is 75.9 Å². The van der Waals surface area contributed by atoms with Gasteiger partial charge in [0.2, 0.25) is 0 Å². The van der Waals surface area contributed by atoms with Crippen LogP contribution in [0.3, 0.4) is 0 Å². The van der Waals surface area contributed by atoms with Gasteiger partial charge in [-0.05, 0) is 31.7 Å². The molecule has 2 aliphatic rings. The predicted octanol–water partition coefficient (Wildman–Crippen LogP) is 2.71. The van der Waals surface area contributed by atoms with Crippen molar-refractivity contribution >= 4 is 0 Å². The molecule has 1 nitrogen and oxygen atoms in total. The normalized spacial score (nSPS) is 32.5. The van der Waals surface area contributed by atoms with E-state index in [2.05, 4.69) is 5.32 Å². The van der Waals surface area contributed by atoms with Gasteiger partial charge in [0, 0.05) is 6.04 Å². The minimum absolute atomic E-state index is 0.877. The Morgan fingerprint density at radius 1 is 0.917 bits per heavy atom. The lowest BCUT2D eigenvalue weighted by atomic mass is 9.93. The lowest BCUT2D eigenvalue weighted by Crippen LogP contribution is -2.35. The highest BCUT2D eigenvalue weighted by Gasteiger charge is 2.20. The van der Waals surface area contributed by atoms with Gasteiger partial charge in [0.05, 0.1) is 0 Å². The van der Waals surface area contributed by atoms with Crippen LogP contribution in [0.4, 0.5) is 0 Å². The molecule has 1 heteroatoms. The van der Waals surface area contributed by atoms with Crippen LogP contribution in [-0.2, 0) is 0 Å². The van der Waals surface area contributed by atoms with Crippen LogP contribution in [0.1, 0.15) is 51.4 Å². The van der Waals surface area contributed by atoms with Gasteiger partial charge in [-0.1, -0.05) is 32.1 Å². The third kappa shape index (κ3) is 2.22. The second-order valence-electron chi connectivity index (χ2n) is 4.53. The van der Waals surface area contributed by atoms with Gasteiger partial charge >= 0.3 is 0 Å². The van der Waals surface area contributed by atoms with Gasteiger partial charge in [0.1, 0.15) is 0 Å². The Balaban J connectivity index is 1.69. The van der Waals surface area contributed by atoms with Gasteiger partial charge < -0.3 is 5.32 Å². The van der Waals surface area contributed by atoms with E-state index in [0.29, 0.717) is 0 Å². The summed E-state index contributed by atoms with van der Waals surface area (Å²) in [6.45, 7) is 1.28. The Morgan fingerprint density at radius 3 is 2.33 bits per heavy atom. The van der Waals surface area contributed by atoms with Crippen LogP contribution in [0.2, 0.25) is 0 Å². The van der Waals surface area contributed by atoms with Gasteiger partial charge in [-0.15, -0.1) is 0 Å². The van der Waals surface area contributed by atoms with Crippen LogP contribution < -0.4 is 5.32 Å². The first-order chi connectivity index (χ1) is 5.95. The average molecular weight is 167 g/mol. The highest BCUT2D eigenvalue weighted by Crippen LogP contribution is 2.30. The van der Waals surface area contributed by atoms with E-state index in [-0.39, 0.29) is 0 Å². The van der Waals surface area contributed by atoms with E-state index in [0.717, 1.165) is 12.0 Å². The summed E-state index contributed by atoms with van der Waals surface area (Å²) in [4.78, 5) is 0. The summed E-state index contributed by atoms with van der Waals surface area (Å²) in [6, 6.07) is 0.877. The standard InChI is InChI=1S/C11H21N/c1-2-6-10(5-1)9-11-7-3-4-8-12-11/h10-12H,1-9H2/t11-/m1/s1. The fraction of sp³-hybridized carbons (Fsp3) is 1.00. The number of rotatable bonds is 2. The summed E-state index contributed by atoms with van der Waals surface area (Å²) in [5.41, 5.74) is 0. The van der Waals surface area contributed by atoms with Crippen molar-refractivity contribution in [3.05, 3.63) is 0 Å². The topological polar surface area (TPSA) is 12.0 Å². The Morgan fingerprint density at radius 2 is 1.67 bits per heavy atom. The summed E-state index contributed by atoms with van der Waals surface area (Å²) in [5, 5.41) is 3.65. The molecule has 70 valence electrons. The maximum Gasteiger partial charge on any atom is 0.00697 e. The number of hydrogen-bond donors (Lipinski definition) is 1. The molecule has 1 saturated carbocycles. The second kappa shape index (κ2) is 4.27. The molecule has 0 amide bonds. The molecule has 1 heterocycles. The molecule has 12 heavy (non-hydrogen) atoms. The molecule has 0 bridgehead atoms. The highest BCUT2D eigenvalue weighted by molar-refractivity contribution is 4.78. The lowest BCUT2D eigenvalue weighted by molar-refractivity contribution is 0.329. The SMILES string of the molecule is C1CC[C@H](CC2CCCC2)NC1. The summed E-state index contributed by atoms with van der Waals surface area (Å²) in [5.74, 6) is 1.07. The largest absolute Gasteiger partial charge is 0.314 e. The minimum Gasteiger partial charge on any atom is -0.314 e. The lowest BCUT2D eigenvalue weighted by Gasteiger charge is -2.25. The van der Waals surface area contributed by atoms with Crippen molar-refractivity contribution < 1.29 is 0 Å². The van der Waals surface area contributed by atoms with Crippen molar-refractivity contribution in [3.8, 4) is 0 Å². The highest BCUT2D eigenvalue weighted by atomic mass is 14.9. The second-order valence-corrected chi connectivity index (χ2v) is 4.53. The van der Waals surface area contributed by atoms with E-state index in [1.807, 2.05) is 0 Å². The van der Waals surface area contributed by atoms with Crippen LogP contribution in [-0.4, -0.2) is 12.6 Å². The molecule has 1 N–H and O–H groups in total. The molecule has 1 aliphatic heterocycles. The van der Waals surface area contributed by atoms with E-state index in [1.54, 1.807) is 0 Å². The van der Waals surface area contributed by atoms with Crippen LogP contribution in [0, 0.1) is 5.92 Å². The first kappa shape index (κ1) is 8.55. The minimum atomic E-state index is 0.877. The van der Waals surface area contributed by atoms with Gasteiger partial charge in [-0.2, -0.15) is 0 Å². The zero-order valence-corrected chi connectivity index (χ0v) is 8.02. The van der Waals surface area contributed by atoms with Crippen LogP contribution in [0.15, 0.2) is 0 Å². The molecular weight excluding hydrogens is 146 g/mol. The fourth-order valence-electron chi connectivity index (χ4n) is 2.77. The van der Waals surface area contributed by atoms with Crippen molar-refractivity contribution in [2.75, 3.05) is 6.54 Å². The van der Waals surface area contributed by atoms with Crippen molar-refractivity contribution in [1.82, 2.24) is 5.32 Å². The number of hydrogen-bond acceptors (Lipinski definition) is 1. The first-order valence-corrected chi connectivity index (χ1v) is 5.68. The Bertz CT molecular complexity index is 121. The first-order valence-electron chi connectivity index (χ1n) is 5.68. The van der Waals surface area contributed by atoms with Crippen molar-refractivity contribution in [1.29, 1.82) is 0 Å². The van der Waals surface area contributed by atoms with Gasteiger partial charge in [0.15, 0.2) is 0 Å². The van der Waals surface area contributed by atoms with Crippen LogP contribution in [0.25, 0.3) is 0 Å². The quantitative estimate of drug-likeness (QED) is 0.667. The van der Waals surface area contributed by atoms with E-state index >= 15 is 0 Å². The monoisotopic (exact) mass is 167 g/mol. The van der Waals surface area contributed by atoms with Gasteiger partial charge in [-0.25, -0.2) is 0 Å². The van der Waals surface area contributed by atoms with E-state index in [9.17, 15) is 0 Å². The molecular formula is C11H21N. The molecule has 2 rings (SSSR count). The Hall–Kier alpha value is -0.0400. The summed E-state index contributed by atoms with van der Waals surface area (Å²) in [7, 11) is 0. The molecule has 0 aromatic heterocycles. The molecule has 0 spiro atoms. The average Bonchev–Trinajstić information content (AvgIpc) is 2.59. The third-order valence-corrected chi connectivity index (χ3v) is 3.50. The molecule has 0 aromatic carbocycles. The summed E-state index contributed by atoms with van der Waals surface area (Å²) in [6.07, 6.45) is 11.8. The zero-order chi connectivity index (χ0) is 8.23. The van der Waals surface area contributed by atoms with E-state index in [1.165, 1.54) is 57.9 Å². The molecule has 0 unspecified atom stereocenters. The Kier molecular flexibility index (Phi) is 3.04. The maximum absolute atomic E-state index is 3.65. The van der Waals surface area contributed by atoms with E-state index < -0.39 is 0 Å². The number of nitrogens with one attached hydrogen (secondary N) is 1. The molecule has 1 aliphatic carbocycles. The third-order valence-electron chi connectivity index (χ3n) is 3.50. The summed E-state index contributed by atoms with van der Waals surface area (Å²) < 4.78 is 0. The fourth-order valence-corrected chi connectivity index (χ4v) is 2.77. The smallest absolute Gasteiger partial charge is 0.00697 e. The van der Waals surface area contributed by atoms with E-state index in [4.69, 9.17) is 0 Å². The van der Waals surface area contributed by atoms with Crippen LogP contribution in [0.5, 0.6) is 0 Å². The molecule has 0 radical (unpaired) electrons. The zero-order valence-electron chi connectivity index (χ0n) is 8.02. The summed E-state index contributed by atoms with van der Waals surface area (Å²) >= 11 is 0. The number of piperidine rings is 1. The predicted molar refractivity (Wildman–Crippen MR) is 52.2 cm³/mol. The van der Waals surface area contributed by atoms with Crippen molar-refractivity contribution in [2.24, 2.45) is 5.92 Å². The molecule has 0 aromatic rings. The van der Waals surface area contributed by atoms with Gasteiger partial charge in [-0.3, -0.25) is 0 Å². The molecule has 1 saturated heterocycles. The van der Waals surface area contributed by atoms with Crippen LogP contribution >= 0.6 is 0 Å². The van der Waals surface area contributed by atoms with Crippen molar-refractivity contribution in [2.45, 2.75) is 57.4 Å². The molecule has 1 atom stereocenters. The van der Waals surface area contributed by atoms with Gasteiger partial charge in [0.25, 0.3) is 0 Å².